The van der Waals surface area contributed by atoms with Crippen molar-refractivity contribution in [3.05, 3.63) is 89.0 Å². The maximum Gasteiger partial charge on any atom is 0.274 e. The van der Waals surface area contributed by atoms with Crippen molar-refractivity contribution < 1.29 is 14.6 Å². The number of hydrogen-bond acceptors (Lipinski definition) is 6. The summed E-state index contributed by atoms with van der Waals surface area (Å²) in [6, 6.07) is 23.4. The Labute approximate surface area is 243 Å². The van der Waals surface area contributed by atoms with E-state index in [-0.39, 0.29) is 11.7 Å². The second-order valence-corrected chi connectivity index (χ2v) is 12.7. The minimum absolute atomic E-state index is 0.0123. The fourth-order valence-electron chi connectivity index (χ4n) is 4.78. The molecule has 5 nitrogen and oxygen atoms in total. The molecule has 0 unspecified atom stereocenters. The van der Waals surface area contributed by atoms with E-state index in [1.807, 2.05) is 52.8 Å². The second-order valence-electron chi connectivity index (χ2n) is 11.7. The number of ether oxygens (including phenoxy) is 2. The quantitative estimate of drug-likeness (QED) is 0.180. The number of aryl methyl sites for hydroxylation is 1. The summed E-state index contributed by atoms with van der Waals surface area (Å²) < 4.78 is 13.1. The van der Waals surface area contributed by atoms with Gasteiger partial charge in [-0.2, -0.15) is 4.98 Å². The Morgan fingerprint density at radius 1 is 0.900 bits per heavy atom. The van der Waals surface area contributed by atoms with Gasteiger partial charge in [-0.3, -0.25) is 4.90 Å². The summed E-state index contributed by atoms with van der Waals surface area (Å²) in [5, 5.41) is 12.2. The topological polar surface area (TPSA) is 54.8 Å². The Morgan fingerprint density at radius 2 is 1.57 bits per heavy atom. The lowest BCUT2D eigenvalue weighted by molar-refractivity contribution is 0.110. The highest BCUT2D eigenvalue weighted by Gasteiger charge is 2.23. The van der Waals surface area contributed by atoms with Gasteiger partial charge >= 0.3 is 0 Å². The number of thiazole rings is 1. The number of rotatable bonds is 13. The maximum atomic E-state index is 11.6. The lowest BCUT2D eigenvalue weighted by atomic mass is 10.0. The molecule has 6 heteroatoms. The van der Waals surface area contributed by atoms with E-state index in [1.54, 1.807) is 0 Å². The molecule has 0 saturated heterocycles. The van der Waals surface area contributed by atoms with E-state index in [1.165, 1.54) is 28.0 Å². The number of aliphatic hydroxyl groups excluding tert-OH is 1. The van der Waals surface area contributed by atoms with Gasteiger partial charge in [0.05, 0.1) is 16.9 Å². The molecular weight excluding hydrogens is 516 g/mol. The van der Waals surface area contributed by atoms with Gasteiger partial charge in [0, 0.05) is 25.2 Å². The molecule has 3 aromatic carbocycles. The van der Waals surface area contributed by atoms with Crippen molar-refractivity contribution in [3.63, 3.8) is 0 Å². The summed E-state index contributed by atoms with van der Waals surface area (Å²) in [5.74, 6) is 0.709. The molecule has 4 aromatic rings. The van der Waals surface area contributed by atoms with Crippen molar-refractivity contribution in [2.24, 2.45) is 0 Å². The van der Waals surface area contributed by atoms with Gasteiger partial charge in [0.25, 0.3) is 5.19 Å². The molecule has 0 spiro atoms. The molecule has 1 heterocycles. The Morgan fingerprint density at radius 3 is 2.20 bits per heavy atom. The number of aliphatic hydroxyl groups is 1. The van der Waals surface area contributed by atoms with Crippen molar-refractivity contribution in [1.29, 1.82) is 0 Å². The van der Waals surface area contributed by atoms with Gasteiger partial charge in [-0.25, -0.2) is 0 Å². The Balaban J connectivity index is 1.58. The standard InChI is InChI=1S/C34H44N2O3S/c1-7-11-25-14-16-26(17-15-25)20-21-36(22-27-12-9-8-10-13-27)23-29(37)28-18-19-30(39-34(4,5)6)31-32(28)40-33(35-31)38-24(2)3/h8-10,12-19,24,29,37H,7,11,20-23H2,1-6H3/t29-/m0/s1. The lowest BCUT2D eigenvalue weighted by Crippen LogP contribution is -2.30. The highest BCUT2D eigenvalue weighted by Crippen LogP contribution is 2.40. The summed E-state index contributed by atoms with van der Waals surface area (Å²) in [5.41, 5.74) is 5.17. The molecule has 0 amide bonds. The van der Waals surface area contributed by atoms with E-state index in [9.17, 15) is 5.11 Å². The van der Waals surface area contributed by atoms with Crippen molar-refractivity contribution in [1.82, 2.24) is 9.88 Å². The molecule has 0 bridgehead atoms. The number of benzene rings is 3. The number of nitrogens with zero attached hydrogens (tertiary/aromatic N) is 2. The molecule has 1 N–H and O–H groups in total. The minimum atomic E-state index is -0.686. The molecule has 0 saturated carbocycles. The van der Waals surface area contributed by atoms with E-state index in [0.29, 0.717) is 17.5 Å². The normalized spacial score (nSPS) is 12.8. The lowest BCUT2D eigenvalue weighted by Gasteiger charge is -2.26. The first-order chi connectivity index (χ1) is 19.1. The molecule has 4 rings (SSSR count). The van der Waals surface area contributed by atoms with Crippen LogP contribution in [0.3, 0.4) is 0 Å². The molecule has 1 atom stereocenters. The van der Waals surface area contributed by atoms with E-state index < -0.39 is 6.10 Å². The van der Waals surface area contributed by atoms with Crippen LogP contribution in [0.4, 0.5) is 0 Å². The predicted octanol–water partition coefficient (Wildman–Crippen LogP) is 7.99. The average molecular weight is 561 g/mol. The fraction of sp³-hybridized carbons (Fsp3) is 0.441. The van der Waals surface area contributed by atoms with Gasteiger partial charge in [-0.15, -0.1) is 0 Å². The number of fused-ring (bicyclic) bond motifs is 1. The zero-order valence-electron chi connectivity index (χ0n) is 24.8. The Hall–Kier alpha value is -2.93. The predicted molar refractivity (Wildman–Crippen MR) is 167 cm³/mol. The largest absolute Gasteiger partial charge is 0.486 e. The SMILES string of the molecule is CCCc1ccc(CCN(Cc2ccccc2)C[C@H](O)c2ccc(OC(C)(C)C)c3nc(OC(C)C)sc23)cc1. The van der Waals surface area contributed by atoms with E-state index in [0.717, 1.165) is 48.1 Å². The Kier molecular flexibility index (Phi) is 10.2. The van der Waals surface area contributed by atoms with Gasteiger partial charge in [-0.1, -0.05) is 85.3 Å². The third-order valence-electron chi connectivity index (χ3n) is 6.59. The van der Waals surface area contributed by atoms with Crippen LogP contribution in [0, 0.1) is 0 Å². The summed E-state index contributed by atoms with van der Waals surface area (Å²) in [4.78, 5) is 7.11. The van der Waals surface area contributed by atoms with Crippen LogP contribution in [0.5, 0.6) is 10.9 Å². The van der Waals surface area contributed by atoms with E-state index >= 15 is 0 Å². The van der Waals surface area contributed by atoms with Crippen molar-refractivity contribution >= 4 is 21.6 Å². The van der Waals surface area contributed by atoms with Gasteiger partial charge in [0.2, 0.25) is 0 Å². The van der Waals surface area contributed by atoms with Gasteiger partial charge in [0.15, 0.2) is 0 Å². The summed E-state index contributed by atoms with van der Waals surface area (Å²) in [7, 11) is 0. The zero-order valence-corrected chi connectivity index (χ0v) is 25.6. The zero-order chi connectivity index (χ0) is 28.7. The van der Waals surface area contributed by atoms with Gasteiger partial charge in [-0.05, 0) is 70.2 Å². The molecule has 40 heavy (non-hydrogen) atoms. The van der Waals surface area contributed by atoms with Crippen molar-refractivity contribution in [3.8, 4) is 10.9 Å². The average Bonchev–Trinajstić information content (AvgIpc) is 3.31. The second kappa shape index (κ2) is 13.6. The maximum absolute atomic E-state index is 11.6. The third-order valence-corrected chi connectivity index (χ3v) is 7.58. The van der Waals surface area contributed by atoms with E-state index in [2.05, 4.69) is 60.4 Å². The smallest absolute Gasteiger partial charge is 0.274 e. The number of hydrogen-bond donors (Lipinski definition) is 1. The van der Waals surface area contributed by atoms with Crippen LogP contribution in [-0.4, -0.2) is 39.8 Å². The van der Waals surface area contributed by atoms with Gasteiger partial charge < -0.3 is 14.6 Å². The first kappa shape index (κ1) is 30.0. The highest BCUT2D eigenvalue weighted by atomic mass is 32.1. The van der Waals surface area contributed by atoms with Gasteiger partial charge in [0.1, 0.15) is 16.9 Å². The Bertz CT molecular complexity index is 1340. The fourth-order valence-corrected chi connectivity index (χ4v) is 5.89. The van der Waals surface area contributed by atoms with Crippen LogP contribution < -0.4 is 9.47 Å². The molecule has 0 aliphatic carbocycles. The van der Waals surface area contributed by atoms with Crippen molar-refractivity contribution in [2.75, 3.05) is 13.1 Å². The first-order valence-electron chi connectivity index (χ1n) is 14.4. The molecule has 0 aliphatic heterocycles. The van der Waals surface area contributed by atoms with Crippen LogP contribution in [0.1, 0.15) is 76.3 Å². The van der Waals surface area contributed by atoms with Crippen LogP contribution >= 0.6 is 11.3 Å². The molecule has 0 aliphatic rings. The van der Waals surface area contributed by atoms with E-state index in [4.69, 9.17) is 14.5 Å². The summed E-state index contributed by atoms with van der Waals surface area (Å²) in [6.07, 6.45) is 2.52. The van der Waals surface area contributed by atoms with Crippen LogP contribution in [0.2, 0.25) is 0 Å². The van der Waals surface area contributed by atoms with Crippen LogP contribution in [0.15, 0.2) is 66.7 Å². The summed E-state index contributed by atoms with van der Waals surface area (Å²) in [6.45, 7) is 14.4. The molecular formula is C34H44N2O3S. The van der Waals surface area contributed by atoms with Crippen LogP contribution in [0.25, 0.3) is 10.2 Å². The van der Waals surface area contributed by atoms with Crippen molar-refractivity contribution in [2.45, 2.75) is 85.2 Å². The molecule has 214 valence electrons. The monoisotopic (exact) mass is 560 g/mol. The minimum Gasteiger partial charge on any atom is -0.486 e. The van der Waals surface area contributed by atoms with Crippen LogP contribution in [-0.2, 0) is 19.4 Å². The highest BCUT2D eigenvalue weighted by molar-refractivity contribution is 7.20. The number of aromatic nitrogens is 1. The third kappa shape index (κ3) is 8.53. The molecule has 0 fully saturated rings. The first-order valence-corrected chi connectivity index (χ1v) is 15.2. The summed E-state index contributed by atoms with van der Waals surface area (Å²) >= 11 is 1.48. The molecule has 0 radical (unpaired) electrons. The molecule has 1 aromatic heterocycles.